The summed E-state index contributed by atoms with van der Waals surface area (Å²) >= 11 is 0. The minimum atomic E-state index is 0.745. The third kappa shape index (κ3) is 2.44. The van der Waals surface area contributed by atoms with Crippen LogP contribution in [0.2, 0.25) is 0 Å². The second-order valence-corrected chi connectivity index (χ2v) is 4.88. The van der Waals surface area contributed by atoms with Gasteiger partial charge in [-0.2, -0.15) is 0 Å². The largest absolute Gasteiger partial charge is 0.404 e. The summed E-state index contributed by atoms with van der Waals surface area (Å²) in [6.45, 7) is 5.20. The number of nitrogens with zero attached hydrogens (tertiary/aromatic N) is 3. The Morgan fingerprint density at radius 1 is 1.30 bits per heavy atom. The Bertz CT molecular complexity index is 647. The maximum atomic E-state index is 5.57. The zero-order valence-electron chi connectivity index (χ0n) is 11.5. The zero-order valence-corrected chi connectivity index (χ0v) is 11.5. The van der Waals surface area contributed by atoms with Gasteiger partial charge in [0.05, 0.1) is 30.4 Å². The highest BCUT2D eigenvalue weighted by Gasteiger charge is 2.13. The third-order valence-electron chi connectivity index (χ3n) is 3.57. The van der Waals surface area contributed by atoms with Gasteiger partial charge < -0.3 is 15.4 Å². The van der Waals surface area contributed by atoms with Gasteiger partial charge >= 0.3 is 0 Å². The normalized spacial score (nSPS) is 16.6. The maximum absolute atomic E-state index is 5.57. The fraction of sp³-hybridized carbons (Fsp3) is 0.333. The molecule has 0 atom stereocenters. The van der Waals surface area contributed by atoms with E-state index in [1.54, 1.807) is 6.20 Å². The number of morpholine rings is 1. The first-order valence-electron chi connectivity index (χ1n) is 6.76. The molecule has 2 aromatic rings. The highest BCUT2D eigenvalue weighted by atomic mass is 16.5. The van der Waals surface area contributed by atoms with Crippen LogP contribution in [0.4, 0.5) is 5.82 Å². The fourth-order valence-electron chi connectivity index (χ4n) is 2.29. The van der Waals surface area contributed by atoms with Gasteiger partial charge in [0.15, 0.2) is 0 Å². The summed E-state index contributed by atoms with van der Waals surface area (Å²) < 4.78 is 5.36. The molecule has 1 saturated heterocycles. The Labute approximate surface area is 118 Å². The molecule has 5 nitrogen and oxygen atoms in total. The molecule has 2 N–H and O–H groups in total. The summed E-state index contributed by atoms with van der Waals surface area (Å²) in [6.07, 6.45) is 3.44. The van der Waals surface area contributed by atoms with Crippen molar-refractivity contribution >= 4 is 22.4 Å². The Balaban J connectivity index is 1.99. The van der Waals surface area contributed by atoms with Crippen molar-refractivity contribution in [2.45, 2.75) is 6.92 Å². The molecule has 0 aliphatic carbocycles. The van der Waals surface area contributed by atoms with E-state index in [1.165, 1.54) is 0 Å². The van der Waals surface area contributed by atoms with E-state index in [-0.39, 0.29) is 0 Å². The second-order valence-electron chi connectivity index (χ2n) is 4.88. The molecule has 3 rings (SSSR count). The Kier molecular flexibility index (Phi) is 3.52. The number of fused-ring (bicyclic) bond motifs is 1. The molecule has 104 valence electrons. The lowest BCUT2D eigenvalue weighted by atomic mass is 10.1. The maximum Gasteiger partial charge on any atom is 0.148 e. The van der Waals surface area contributed by atoms with Crippen LogP contribution >= 0.6 is 0 Å². The molecule has 1 fully saturated rings. The number of hydrogen-bond acceptors (Lipinski definition) is 5. The molecular formula is C15H18N4O. The van der Waals surface area contributed by atoms with Gasteiger partial charge in [0, 0.05) is 13.1 Å². The third-order valence-corrected chi connectivity index (χ3v) is 3.57. The topological polar surface area (TPSA) is 64.3 Å². The van der Waals surface area contributed by atoms with Gasteiger partial charge in [-0.3, -0.25) is 4.98 Å². The Hall–Kier alpha value is -2.14. The van der Waals surface area contributed by atoms with Crippen LogP contribution in [0.1, 0.15) is 12.5 Å². The van der Waals surface area contributed by atoms with E-state index in [0.29, 0.717) is 0 Å². The molecular weight excluding hydrogens is 252 g/mol. The molecule has 1 aromatic carbocycles. The summed E-state index contributed by atoms with van der Waals surface area (Å²) in [4.78, 5) is 11.4. The summed E-state index contributed by atoms with van der Waals surface area (Å²) in [5, 5.41) is 0. The van der Waals surface area contributed by atoms with E-state index in [9.17, 15) is 0 Å². The predicted octanol–water partition coefficient (Wildman–Crippen LogP) is 1.79. The molecule has 0 unspecified atom stereocenters. The SMILES string of the molecule is C/C(=C\N)c1ccc2ncc(N3CCOCC3)nc2c1. The molecule has 0 amide bonds. The van der Waals surface area contributed by atoms with Gasteiger partial charge in [-0.1, -0.05) is 6.07 Å². The number of nitrogens with two attached hydrogens (primary N) is 1. The molecule has 1 aromatic heterocycles. The lowest BCUT2D eigenvalue weighted by Gasteiger charge is -2.27. The van der Waals surface area contributed by atoms with Gasteiger partial charge in [-0.05, 0) is 36.4 Å². The van der Waals surface area contributed by atoms with Crippen molar-refractivity contribution in [2.24, 2.45) is 5.73 Å². The van der Waals surface area contributed by atoms with E-state index in [0.717, 1.165) is 54.3 Å². The number of allylic oxidation sites excluding steroid dienone is 1. The van der Waals surface area contributed by atoms with Crippen molar-refractivity contribution in [1.82, 2.24) is 9.97 Å². The van der Waals surface area contributed by atoms with Gasteiger partial charge in [-0.25, -0.2) is 4.98 Å². The van der Waals surface area contributed by atoms with Gasteiger partial charge in [0.1, 0.15) is 5.82 Å². The molecule has 1 aliphatic rings. The smallest absolute Gasteiger partial charge is 0.148 e. The van der Waals surface area contributed by atoms with Crippen LogP contribution in [0.3, 0.4) is 0 Å². The monoisotopic (exact) mass is 270 g/mol. The highest BCUT2D eigenvalue weighted by Crippen LogP contribution is 2.21. The quantitative estimate of drug-likeness (QED) is 0.901. The molecule has 1 aliphatic heterocycles. The van der Waals surface area contributed by atoms with Crippen LogP contribution < -0.4 is 10.6 Å². The summed E-state index contributed by atoms with van der Waals surface area (Å²) in [7, 11) is 0. The molecule has 0 spiro atoms. The van der Waals surface area contributed by atoms with Crippen molar-refractivity contribution in [3.8, 4) is 0 Å². The Morgan fingerprint density at radius 2 is 2.10 bits per heavy atom. The van der Waals surface area contributed by atoms with Crippen LogP contribution in [-0.4, -0.2) is 36.3 Å². The van der Waals surface area contributed by atoms with Crippen molar-refractivity contribution in [3.63, 3.8) is 0 Å². The average Bonchev–Trinajstić information content (AvgIpc) is 2.54. The number of ether oxygens (including phenoxy) is 1. The number of benzene rings is 1. The molecule has 0 saturated carbocycles. The molecule has 5 heteroatoms. The zero-order chi connectivity index (χ0) is 13.9. The first-order valence-corrected chi connectivity index (χ1v) is 6.76. The minimum Gasteiger partial charge on any atom is -0.404 e. The van der Waals surface area contributed by atoms with Crippen LogP contribution in [0.25, 0.3) is 16.6 Å². The molecule has 20 heavy (non-hydrogen) atoms. The van der Waals surface area contributed by atoms with Crippen molar-refractivity contribution < 1.29 is 4.74 Å². The van der Waals surface area contributed by atoms with E-state index < -0.39 is 0 Å². The predicted molar refractivity (Wildman–Crippen MR) is 80.4 cm³/mol. The Morgan fingerprint density at radius 3 is 2.85 bits per heavy atom. The number of anilines is 1. The highest BCUT2D eigenvalue weighted by molar-refractivity contribution is 5.80. The molecule has 0 radical (unpaired) electrons. The van der Waals surface area contributed by atoms with Crippen molar-refractivity contribution in [3.05, 3.63) is 36.2 Å². The van der Waals surface area contributed by atoms with Gasteiger partial charge in [0.2, 0.25) is 0 Å². The van der Waals surface area contributed by atoms with E-state index >= 15 is 0 Å². The molecule has 0 bridgehead atoms. The van der Waals surface area contributed by atoms with Crippen molar-refractivity contribution in [1.29, 1.82) is 0 Å². The average molecular weight is 270 g/mol. The summed E-state index contributed by atoms with van der Waals surface area (Å²) in [5.41, 5.74) is 9.48. The summed E-state index contributed by atoms with van der Waals surface area (Å²) in [6, 6.07) is 6.03. The lowest BCUT2D eigenvalue weighted by Crippen LogP contribution is -2.36. The number of hydrogen-bond donors (Lipinski definition) is 1. The van der Waals surface area contributed by atoms with E-state index in [2.05, 4.69) is 9.88 Å². The lowest BCUT2D eigenvalue weighted by molar-refractivity contribution is 0.122. The van der Waals surface area contributed by atoms with Crippen LogP contribution in [0, 0.1) is 0 Å². The van der Waals surface area contributed by atoms with Crippen LogP contribution in [0.5, 0.6) is 0 Å². The second kappa shape index (κ2) is 5.46. The number of aromatic nitrogens is 2. The number of rotatable bonds is 2. The molecule has 2 heterocycles. The van der Waals surface area contributed by atoms with Gasteiger partial charge in [-0.15, -0.1) is 0 Å². The first-order chi connectivity index (χ1) is 9.78. The minimum absolute atomic E-state index is 0.745. The van der Waals surface area contributed by atoms with Gasteiger partial charge in [0.25, 0.3) is 0 Å². The first kappa shape index (κ1) is 12.9. The van der Waals surface area contributed by atoms with E-state index in [4.69, 9.17) is 15.5 Å². The van der Waals surface area contributed by atoms with E-state index in [1.807, 2.05) is 31.3 Å². The van der Waals surface area contributed by atoms with Crippen LogP contribution in [0.15, 0.2) is 30.6 Å². The van der Waals surface area contributed by atoms with Crippen molar-refractivity contribution in [2.75, 3.05) is 31.2 Å². The fourth-order valence-corrected chi connectivity index (χ4v) is 2.29. The van der Waals surface area contributed by atoms with Crippen LogP contribution in [-0.2, 0) is 4.74 Å². The standard InChI is InChI=1S/C15H18N4O/c1-11(9-16)12-2-3-13-14(8-12)18-15(10-17-13)19-4-6-20-7-5-19/h2-3,8-10H,4-7,16H2,1H3/b11-9+. The summed E-state index contributed by atoms with van der Waals surface area (Å²) in [5.74, 6) is 0.910.